The van der Waals surface area contributed by atoms with E-state index in [-0.39, 0.29) is 0 Å². The first-order valence-electron chi connectivity index (χ1n) is 6.13. The lowest BCUT2D eigenvalue weighted by Crippen LogP contribution is -2.44. The zero-order chi connectivity index (χ0) is 11.9. The number of halogens is 1. The smallest absolute Gasteiger partial charge is 0.0590 e. The fraction of sp³-hybridized carbons (Fsp3) is 0.583. The Hall–Kier alpha value is -0.650. The van der Waals surface area contributed by atoms with Crippen LogP contribution < -0.4 is 10.6 Å². The SMILES string of the molecule is Brc1cnccc1NCCCN1CCNCC1. The fourth-order valence-corrected chi connectivity index (χ4v) is 2.37. The van der Waals surface area contributed by atoms with E-state index in [0.717, 1.165) is 29.8 Å². The van der Waals surface area contributed by atoms with Crippen molar-refractivity contribution in [1.82, 2.24) is 15.2 Å². The van der Waals surface area contributed by atoms with Gasteiger partial charge in [0.05, 0.1) is 10.2 Å². The van der Waals surface area contributed by atoms with E-state index >= 15 is 0 Å². The molecule has 1 aromatic rings. The first-order chi connectivity index (χ1) is 8.36. The molecule has 0 aliphatic carbocycles. The number of nitrogens with one attached hydrogen (secondary N) is 2. The van der Waals surface area contributed by atoms with Crippen molar-refractivity contribution in [2.24, 2.45) is 0 Å². The van der Waals surface area contributed by atoms with Gasteiger partial charge in [-0.1, -0.05) is 0 Å². The third-order valence-corrected chi connectivity index (χ3v) is 3.58. The highest BCUT2D eigenvalue weighted by molar-refractivity contribution is 9.10. The molecule has 0 radical (unpaired) electrons. The molecule has 1 aromatic heterocycles. The van der Waals surface area contributed by atoms with Crippen molar-refractivity contribution in [3.05, 3.63) is 22.9 Å². The van der Waals surface area contributed by atoms with Gasteiger partial charge in [0.2, 0.25) is 0 Å². The Kier molecular flexibility index (Phi) is 5.22. The van der Waals surface area contributed by atoms with Gasteiger partial charge in [0.25, 0.3) is 0 Å². The molecule has 94 valence electrons. The molecular weight excluding hydrogens is 280 g/mol. The van der Waals surface area contributed by atoms with Crippen LogP contribution in [0.4, 0.5) is 5.69 Å². The summed E-state index contributed by atoms with van der Waals surface area (Å²) in [6, 6.07) is 1.99. The molecule has 1 saturated heterocycles. The minimum Gasteiger partial charge on any atom is -0.384 e. The molecule has 0 aromatic carbocycles. The topological polar surface area (TPSA) is 40.2 Å². The molecule has 2 N–H and O–H groups in total. The van der Waals surface area contributed by atoms with E-state index in [0.29, 0.717) is 0 Å². The lowest BCUT2D eigenvalue weighted by atomic mass is 10.3. The van der Waals surface area contributed by atoms with Crippen LogP contribution in [0, 0.1) is 0 Å². The summed E-state index contributed by atoms with van der Waals surface area (Å²) in [5, 5.41) is 6.79. The molecule has 1 aliphatic heterocycles. The minimum atomic E-state index is 1.01. The second-order valence-electron chi connectivity index (χ2n) is 4.23. The third kappa shape index (κ3) is 4.26. The average molecular weight is 299 g/mol. The van der Waals surface area contributed by atoms with Gasteiger partial charge in [0.15, 0.2) is 0 Å². The second-order valence-corrected chi connectivity index (χ2v) is 5.08. The van der Waals surface area contributed by atoms with Crippen molar-refractivity contribution in [2.75, 3.05) is 44.6 Å². The quantitative estimate of drug-likeness (QED) is 0.809. The molecule has 2 rings (SSSR count). The van der Waals surface area contributed by atoms with Gasteiger partial charge < -0.3 is 15.5 Å². The van der Waals surface area contributed by atoms with E-state index in [2.05, 4.69) is 36.4 Å². The molecule has 0 spiro atoms. The number of pyridine rings is 1. The Labute approximate surface area is 111 Å². The molecule has 0 bridgehead atoms. The van der Waals surface area contributed by atoms with E-state index in [1.54, 1.807) is 0 Å². The fourth-order valence-electron chi connectivity index (χ4n) is 1.98. The van der Waals surface area contributed by atoms with Gasteiger partial charge >= 0.3 is 0 Å². The van der Waals surface area contributed by atoms with Crippen LogP contribution in [0.2, 0.25) is 0 Å². The zero-order valence-electron chi connectivity index (χ0n) is 9.95. The maximum Gasteiger partial charge on any atom is 0.0590 e. The van der Waals surface area contributed by atoms with Crippen molar-refractivity contribution in [3.8, 4) is 0 Å². The molecule has 17 heavy (non-hydrogen) atoms. The van der Waals surface area contributed by atoms with E-state index in [4.69, 9.17) is 0 Å². The maximum absolute atomic E-state index is 4.04. The van der Waals surface area contributed by atoms with Gasteiger partial charge in [-0.3, -0.25) is 4.98 Å². The highest BCUT2D eigenvalue weighted by atomic mass is 79.9. The van der Waals surface area contributed by atoms with Crippen LogP contribution in [0.5, 0.6) is 0 Å². The molecule has 2 heterocycles. The van der Waals surface area contributed by atoms with E-state index in [9.17, 15) is 0 Å². The number of hydrogen-bond donors (Lipinski definition) is 2. The van der Waals surface area contributed by atoms with E-state index < -0.39 is 0 Å². The number of anilines is 1. The monoisotopic (exact) mass is 298 g/mol. The summed E-state index contributed by atoms with van der Waals surface area (Å²) in [5.41, 5.74) is 1.13. The van der Waals surface area contributed by atoms with Crippen LogP contribution in [0.15, 0.2) is 22.9 Å². The maximum atomic E-state index is 4.04. The normalized spacial score (nSPS) is 17.0. The Balaban J connectivity index is 1.64. The van der Waals surface area contributed by atoms with Crippen LogP contribution in [0.3, 0.4) is 0 Å². The van der Waals surface area contributed by atoms with Crippen molar-refractivity contribution in [3.63, 3.8) is 0 Å². The lowest BCUT2D eigenvalue weighted by Gasteiger charge is -2.27. The molecule has 0 amide bonds. The number of nitrogens with zero attached hydrogens (tertiary/aromatic N) is 2. The molecule has 1 aliphatic rings. The van der Waals surface area contributed by atoms with Crippen molar-refractivity contribution in [1.29, 1.82) is 0 Å². The van der Waals surface area contributed by atoms with Crippen molar-refractivity contribution in [2.45, 2.75) is 6.42 Å². The Morgan fingerprint density at radius 1 is 1.41 bits per heavy atom. The van der Waals surface area contributed by atoms with Gasteiger partial charge in [0, 0.05) is 45.1 Å². The molecular formula is C12H19BrN4. The van der Waals surface area contributed by atoms with Gasteiger partial charge in [0.1, 0.15) is 0 Å². The Morgan fingerprint density at radius 3 is 3.00 bits per heavy atom. The third-order valence-electron chi connectivity index (χ3n) is 2.95. The Morgan fingerprint density at radius 2 is 2.24 bits per heavy atom. The van der Waals surface area contributed by atoms with Crippen molar-refractivity contribution < 1.29 is 0 Å². The van der Waals surface area contributed by atoms with Gasteiger partial charge in [-0.05, 0) is 35.0 Å². The van der Waals surface area contributed by atoms with Crippen molar-refractivity contribution >= 4 is 21.6 Å². The Bertz CT molecular complexity index is 339. The molecule has 5 heteroatoms. The van der Waals surface area contributed by atoms with E-state index in [1.165, 1.54) is 26.1 Å². The van der Waals surface area contributed by atoms with Crippen LogP contribution >= 0.6 is 15.9 Å². The summed E-state index contributed by atoms with van der Waals surface area (Å²) in [6.07, 6.45) is 4.80. The first kappa shape index (κ1) is 12.8. The highest BCUT2D eigenvalue weighted by Crippen LogP contribution is 2.19. The lowest BCUT2D eigenvalue weighted by molar-refractivity contribution is 0.240. The summed E-state index contributed by atoms with van der Waals surface area (Å²) >= 11 is 3.48. The molecule has 1 fully saturated rings. The van der Waals surface area contributed by atoms with Gasteiger partial charge in [-0.25, -0.2) is 0 Å². The summed E-state index contributed by atoms with van der Waals surface area (Å²) < 4.78 is 1.03. The highest BCUT2D eigenvalue weighted by Gasteiger charge is 2.08. The van der Waals surface area contributed by atoms with Crippen LogP contribution in [-0.2, 0) is 0 Å². The number of piperazine rings is 1. The minimum absolute atomic E-state index is 1.01. The van der Waals surface area contributed by atoms with Crippen LogP contribution in [-0.4, -0.2) is 49.2 Å². The van der Waals surface area contributed by atoms with E-state index in [1.807, 2.05) is 18.5 Å². The predicted octanol–water partition coefficient (Wildman–Crippen LogP) is 1.55. The molecule has 4 nitrogen and oxygen atoms in total. The first-order valence-corrected chi connectivity index (χ1v) is 6.92. The van der Waals surface area contributed by atoms with Gasteiger partial charge in [-0.2, -0.15) is 0 Å². The second kappa shape index (κ2) is 6.93. The molecule has 0 unspecified atom stereocenters. The van der Waals surface area contributed by atoms with Crippen LogP contribution in [0.25, 0.3) is 0 Å². The summed E-state index contributed by atoms with van der Waals surface area (Å²) in [7, 11) is 0. The molecule has 0 saturated carbocycles. The van der Waals surface area contributed by atoms with Crippen LogP contribution in [0.1, 0.15) is 6.42 Å². The molecule has 0 atom stereocenters. The predicted molar refractivity (Wildman–Crippen MR) is 74.4 cm³/mol. The number of aromatic nitrogens is 1. The standard InChI is InChI=1S/C12H19BrN4/c13-11-10-15-4-2-12(11)16-3-1-7-17-8-5-14-6-9-17/h2,4,10,14H,1,3,5-9H2,(H,15,16). The van der Waals surface area contributed by atoms with Gasteiger partial charge in [-0.15, -0.1) is 0 Å². The average Bonchev–Trinajstić information content (AvgIpc) is 2.38. The summed E-state index contributed by atoms with van der Waals surface area (Å²) in [4.78, 5) is 6.56. The largest absolute Gasteiger partial charge is 0.384 e. The summed E-state index contributed by atoms with van der Waals surface area (Å²) in [6.45, 7) is 6.80. The summed E-state index contributed by atoms with van der Waals surface area (Å²) in [5.74, 6) is 0. The zero-order valence-corrected chi connectivity index (χ0v) is 11.5. The number of rotatable bonds is 5. The number of hydrogen-bond acceptors (Lipinski definition) is 4.